The number of carbonyl (C=O) groups is 1. The van der Waals surface area contributed by atoms with Gasteiger partial charge in [0.25, 0.3) is 5.91 Å². The van der Waals surface area contributed by atoms with Gasteiger partial charge in [0.05, 0.1) is 12.0 Å². The minimum atomic E-state index is 0.00364. The van der Waals surface area contributed by atoms with Gasteiger partial charge in [-0.05, 0) is 16.8 Å². The predicted octanol–water partition coefficient (Wildman–Crippen LogP) is 2.44. The van der Waals surface area contributed by atoms with Crippen LogP contribution in [-0.2, 0) is 0 Å². The number of nitrogens with zero attached hydrogens (tertiary/aromatic N) is 2. The lowest BCUT2D eigenvalue weighted by molar-refractivity contribution is 0.0579. The Balaban J connectivity index is 1.96. The van der Waals surface area contributed by atoms with Crippen molar-refractivity contribution in [3.05, 3.63) is 48.0 Å². The van der Waals surface area contributed by atoms with Crippen molar-refractivity contribution < 1.29 is 4.79 Å². The van der Waals surface area contributed by atoms with Gasteiger partial charge in [-0.1, -0.05) is 36.4 Å². The van der Waals surface area contributed by atoms with E-state index in [4.69, 9.17) is 5.26 Å². The zero-order valence-electron chi connectivity index (χ0n) is 9.84. The Morgan fingerprint density at radius 1 is 1.17 bits per heavy atom. The molecule has 0 spiro atoms. The second-order valence-corrected chi connectivity index (χ2v) is 4.56. The van der Waals surface area contributed by atoms with E-state index < -0.39 is 0 Å². The van der Waals surface area contributed by atoms with Crippen LogP contribution in [0.2, 0.25) is 0 Å². The Bertz CT molecular complexity index is 646. The Kier molecular flexibility index (Phi) is 2.49. The van der Waals surface area contributed by atoms with Crippen LogP contribution in [0.1, 0.15) is 10.4 Å². The van der Waals surface area contributed by atoms with Crippen LogP contribution in [0.5, 0.6) is 0 Å². The van der Waals surface area contributed by atoms with Gasteiger partial charge in [0.15, 0.2) is 0 Å². The average Bonchev–Trinajstić information content (AvgIpc) is 2.36. The number of hydrogen-bond acceptors (Lipinski definition) is 2. The summed E-state index contributed by atoms with van der Waals surface area (Å²) in [6, 6.07) is 15.8. The molecule has 88 valence electrons. The molecule has 0 bridgehead atoms. The minimum absolute atomic E-state index is 0.00364. The molecule has 1 saturated heterocycles. The average molecular weight is 236 g/mol. The summed E-state index contributed by atoms with van der Waals surface area (Å²) in [6.45, 7) is 1.11. The van der Waals surface area contributed by atoms with Gasteiger partial charge < -0.3 is 4.90 Å². The topological polar surface area (TPSA) is 44.1 Å². The number of amides is 1. The van der Waals surface area contributed by atoms with E-state index in [0.717, 1.165) is 16.3 Å². The molecule has 1 aliphatic rings. The summed E-state index contributed by atoms with van der Waals surface area (Å²) < 4.78 is 0. The van der Waals surface area contributed by atoms with Gasteiger partial charge in [-0.2, -0.15) is 5.26 Å². The molecule has 3 nitrogen and oxygen atoms in total. The van der Waals surface area contributed by atoms with Gasteiger partial charge >= 0.3 is 0 Å². The molecule has 0 atom stereocenters. The van der Waals surface area contributed by atoms with Gasteiger partial charge in [0.2, 0.25) is 0 Å². The highest BCUT2D eigenvalue weighted by atomic mass is 16.2. The quantitative estimate of drug-likeness (QED) is 0.763. The normalized spacial score (nSPS) is 15.2. The fraction of sp³-hybridized carbons (Fsp3) is 0.200. The third-order valence-corrected chi connectivity index (χ3v) is 3.37. The smallest absolute Gasteiger partial charge is 0.254 e. The Morgan fingerprint density at radius 2 is 1.89 bits per heavy atom. The highest BCUT2D eigenvalue weighted by Crippen LogP contribution is 2.23. The lowest BCUT2D eigenvalue weighted by atomic mass is 9.98. The number of hydrogen-bond donors (Lipinski definition) is 0. The lowest BCUT2D eigenvalue weighted by Crippen LogP contribution is -2.49. The first-order valence-corrected chi connectivity index (χ1v) is 5.96. The molecule has 0 aliphatic carbocycles. The zero-order valence-corrected chi connectivity index (χ0v) is 9.84. The van der Waals surface area contributed by atoms with Crippen molar-refractivity contribution >= 4 is 16.7 Å². The Morgan fingerprint density at radius 3 is 2.67 bits per heavy atom. The number of fused-ring (bicyclic) bond motifs is 1. The molecular formula is C15H12N2O. The molecule has 0 unspecified atom stereocenters. The van der Waals surface area contributed by atoms with Crippen LogP contribution in [0, 0.1) is 17.2 Å². The number of carbonyl (C=O) groups excluding carboxylic acids is 1. The van der Waals surface area contributed by atoms with Crippen molar-refractivity contribution in [3.8, 4) is 6.07 Å². The highest BCUT2D eigenvalue weighted by Gasteiger charge is 2.31. The van der Waals surface area contributed by atoms with Crippen molar-refractivity contribution in [3.63, 3.8) is 0 Å². The summed E-state index contributed by atoms with van der Waals surface area (Å²) in [5.74, 6) is 0.0298. The monoisotopic (exact) mass is 236 g/mol. The first kappa shape index (κ1) is 10.8. The Labute approximate surface area is 105 Å². The van der Waals surface area contributed by atoms with Gasteiger partial charge in [0.1, 0.15) is 0 Å². The largest absolute Gasteiger partial charge is 0.336 e. The Hall–Kier alpha value is -2.34. The maximum atomic E-state index is 12.3. The first-order chi connectivity index (χ1) is 8.79. The van der Waals surface area contributed by atoms with E-state index in [2.05, 4.69) is 6.07 Å². The van der Waals surface area contributed by atoms with Crippen molar-refractivity contribution in [1.82, 2.24) is 4.90 Å². The van der Waals surface area contributed by atoms with E-state index in [1.807, 2.05) is 42.5 Å². The maximum Gasteiger partial charge on any atom is 0.254 e. The molecule has 0 radical (unpaired) electrons. The van der Waals surface area contributed by atoms with E-state index in [1.165, 1.54) is 0 Å². The molecule has 18 heavy (non-hydrogen) atoms. The van der Waals surface area contributed by atoms with Crippen LogP contribution in [0.3, 0.4) is 0 Å². The number of nitriles is 1. The number of benzene rings is 2. The molecule has 1 fully saturated rings. The highest BCUT2D eigenvalue weighted by molar-refractivity contribution is 6.07. The van der Waals surface area contributed by atoms with Crippen molar-refractivity contribution in [1.29, 1.82) is 5.26 Å². The summed E-state index contributed by atoms with van der Waals surface area (Å²) >= 11 is 0. The molecule has 0 N–H and O–H groups in total. The van der Waals surface area contributed by atoms with Gasteiger partial charge in [-0.15, -0.1) is 0 Å². The van der Waals surface area contributed by atoms with E-state index in [0.29, 0.717) is 13.1 Å². The zero-order chi connectivity index (χ0) is 12.5. The summed E-state index contributed by atoms with van der Waals surface area (Å²) in [7, 11) is 0. The van der Waals surface area contributed by atoms with Crippen LogP contribution < -0.4 is 0 Å². The molecular weight excluding hydrogens is 224 g/mol. The molecule has 3 heteroatoms. The summed E-state index contributed by atoms with van der Waals surface area (Å²) in [5.41, 5.74) is 0.726. The van der Waals surface area contributed by atoms with E-state index >= 15 is 0 Å². The van der Waals surface area contributed by atoms with Gasteiger partial charge in [-0.3, -0.25) is 4.79 Å². The minimum Gasteiger partial charge on any atom is -0.336 e. The molecule has 1 amide bonds. The fourth-order valence-electron chi connectivity index (χ4n) is 2.31. The molecule has 1 heterocycles. The SMILES string of the molecule is N#CC1CN(C(=O)c2cccc3ccccc23)C1. The van der Waals surface area contributed by atoms with Crippen molar-refractivity contribution in [2.75, 3.05) is 13.1 Å². The van der Waals surface area contributed by atoms with Crippen LogP contribution in [0.25, 0.3) is 10.8 Å². The summed E-state index contributed by atoms with van der Waals surface area (Å²) in [5, 5.41) is 10.8. The third-order valence-electron chi connectivity index (χ3n) is 3.37. The standard InChI is InChI=1S/C15H12N2O/c16-8-11-9-17(10-11)15(18)14-7-3-5-12-4-1-2-6-13(12)14/h1-7,11H,9-10H2. The predicted molar refractivity (Wildman–Crippen MR) is 69.0 cm³/mol. The summed E-state index contributed by atoms with van der Waals surface area (Å²) in [6.07, 6.45) is 0. The molecule has 1 aliphatic heterocycles. The maximum absolute atomic E-state index is 12.3. The van der Waals surface area contributed by atoms with Crippen molar-refractivity contribution in [2.45, 2.75) is 0 Å². The number of rotatable bonds is 1. The fourth-order valence-corrected chi connectivity index (χ4v) is 2.31. The van der Waals surface area contributed by atoms with E-state index in [-0.39, 0.29) is 11.8 Å². The molecule has 3 rings (SSSR count). The van der Waals surface area contributed by atoms with Gasteiger partial charge in [0, 0.05) is 18.7 Å². The van der Waals surface area contributed by atoms with Gasteiger partial charge in [-0.25, -0.2) is 0 Å². The van der Waals surface area contributed by atoms with Crippen LogP contribution in [0.15, 0.2) is 42.5 Å². The van der Waals surface area contributed by atoms with Crippen LogP contribution in [-0.4, -0.2) is 23.9 Å². The number of likely N-dealkylation sites (tertiary alicyclic amines) is 1. The first-order valence-electron chi connectivity index (χ1n) is 5.96. The lowest BCUT2D eigenvalue weighted by Gasteiger charge is -2.35. The second kappa shape index (κ2) is 4.15. The summed E-state index contributed by atoms with van der Waals surface area (Å²) in [4.78, 5) is 14.1. The molecule has 0 saturated carbocycles. The second-order valence-electron chi connectivity index (χ2n) is 4.56. The third kappa shape index (κ3) is 1.63. The van der Waals surface area contributed by atoms with E-state index in [9.17, 15) is 4.79 Å². The molecule has 2 aromatic rings. The van der Waals surface area contributed by atoms with E-state index in [1.54, 1.807) is 4.90 Å². The van der Waals surface area contributed by atoms with Crippen LogP contribution >= 0.6 is 0 Å². The molecule has 2 aromatic carbocycles. The van der Waals surface area contributed by atoms with Crippen LogP contribution in [0.4, 0.5) is 0 Å². The molecule has 0 aromatic heterocycles. The van der Waals surface area contributed by atoms with Crippen molar-refractivity contribution in [2.24, 2.45) is 5.92 Å².